The second kappa shape index (κ2) is 11.3. The number of oxime groups is 1. The second-order valence-electron chi connectivity index (χ2n) is 4.57. The Labute approximate surface area is 151 Å². The van der Waals surface area contributed by atoms with Crippen molar-refractivity contribution in [2.75, 3.05) is 0 Å². The number of pyridine rings is 2. The molecule has 0 spiro atoms. The van der Waals surface area contributed by atoms with Crippen LogP contribution in [0.15, 0.2) is 54.2 Å². The van der Waals surface area contributed by atoms with Crippen LogP contribution in [0.3, 0.4) is 0 Å². The predicted octanol–water partition coefficient (Wildman–Crippen LogP) is -5.34. The molecule has 120 valence electrons. The molecule has 2 rings (SSSR count). The highest BCUT2D eigenvalue weighted by Gasteiger charge is 2.04. The average Bonchev–Trinajstić information content (AvgIpc) is 2.50. The van der Waals surface area contributed by atoms with E-state index in [1.54, 1.807) is 0 Å². The lowest BCUT2D eigenvalue weighted by Gasteiger charge is -1.98. The molecule has 0 aliphatic rings. The van der Waals surface area contributed by atoms with Crippen LogP contribution in [0.25, 0.3) is 0 Å². The fourth-order valence-corrected chi connectivity index (χ4v) is 1.95. The topological polar surface area (TPSA) is 60.6 Å². The molecule has 0 radical (unpaired) electrons. The van der Waals surface area contributed by atoms with Gasteiger partial charge in [-0.05, 0) is 5.56 Å². The summed E-state index contributed by atoms with van der Waals surface area (Å²) in [5.74, 6) is 0. The molecule has 2 heterocycles. The lowest BCUT2D eigenvalue weighted by molar-refractivity contribution is -0.726. The van der Waals surface area contributed by atoms with Gasteiger partial charge in [-0.25, -0.2) is 9.13 Å². The van der Waals surface area contributed by atoms with Crippen LogP contribution in [0.2, 0.25) is 0 Å². The van der Waals surface area contributed by atoms with Gasteiger partial charge in [0.1, 0.15) is 0 Å². The van der Waals surface area contributed by atoms with Crippen LogP contribution in [0.4, 0.5) is 0 Å². The molecule has 0 saturated heterocycles. The number of aliphatic hydroxyl groups excluding tert-OH is 1. The first-order valence-corrected chi connectivity index (χ1v) is 6.57. The molecular formula is C15H19Br2N3O2. The maximum Gasteiger partial charge on any atom is 0.169 e. The van der Waals surface area contributed by atoms with E-state index < -0.39 is 0 Å². The van der Waals surface area contributed by atoms with E-state index in [9.17, 15) is 0 Å². The van der Waals surface area contributed by atoms with Crippen molar-refractivity contribution in [3.63, 3.8) is 0 Å². The summed E-state index contributed by atoms with van der Waals surface area (Å²) in [6.45, 7) is 1.93. The summed E-state index contributed by atoms with van der Waals surface area (Å²) in [7, 11) is 0. The SMILES string of the molecule is OCc1cc[n+](CCC[n+]2ccc(C=NO)cc2)cc1.[Br-].[Br-]. The van der Waals surface area contributed by atoms with Crippen molar-refractivity contribution >= 4 is 6.21 Å². The van der Waals surface area contributed by atoms with Crippen molar-refractivity contribution in [3.05, 3.63) is 60.2 Å². The molecule has 7 heteroatoms. The fourth-order valence-electron chi connectivity index (χ4n) is 1.95. The summed E-state index contributed by atoms with van der Waals surface area (Å²) in [5.41, 5.74) is 1.80. The Balaban J connectivity index is 0.00000220. The molecule has 0 saturated carbocycles. The third-order valence-electron chi connectivity index (χ3n) is 3.10. The summed E-state index contributed by atoms with van der Waals surface area (Å²) >= 11 is 0. The van der Waals surface area contributed by atoms with Crippen molar-refractivity contribution in [2.24, 2.45) is 5.16 Å². The molecule has 0 fully saturated rings. The number of halogens is 2. The molecule has 0 aliphatic carbocycles. The molecule has 22 heavy (non-hydrogen) atoms. The summed E-state index contributed by atoms with van der Waals surface area (Å²) in [4.78, 5) is 0. The van der Waals surface area contributed by atoms with Gasteiger partial charge in [-0.3, -0.25) is 0 Å². The second-order valence-corrected chi connectivity index (χ2v) is 4.57. The van der Waals surface area contributed by atoms with Crippen molar-refractivity contribution in [2.45, 2.75) is 26.1 Å². The van der Waals surface area contributed by atoms with E-state index >= 15 is 0 Å². The summed E-state index contributed by atoms with van der Waals surface area (Å²) < 4.78 is 4.20. The van der Waals surface area contributed by atoms with Gasteiger partial charge in [0, 0.05) is 29.8 Å². The minimum Gasteiger partial charge on any atom is -1.00 e. The molecular weight excluding hydrogens is 414 g/mol. The Morgan fingerprint density at radius 3 is 1.86 bits per heavy atom. The monoisotopic (exact) mass is 431 g/mol. The van der Waals surface area contributed by atoms with Gasteiger partial charge in [0.2, 0.25) is 0 Å². The number of aromatic nitrogens is 2. The number of nitrogens with zero attached hydrogens (tertiary/aromatic N) is 3. The lowest BCUT2D eigenvalue weighted by Crippen LogP contribution is -3.00. The standard InChI is InChI=1S/C15H18N3O2.2BrH/c19-13-15-4-10-18(11-5-15)7-1-6-17-8-2-14(3-9-17)12-16-20;;/h2-5,8-12,19H,1,6-7,13H2;2*1H/q+1;;/p-1. The van der Waals surface area contributed by atoms with Crippen LogP contribution >= 0.6 is 0 Å². The third kappa shape index (κ3) is 6.64. The van der Waals surface area contributed by atoms with Crippen LogP contribution < -0.4 is 43.1 Å². The minimum absolute atomic E-state index is 0. The molecule has 0 aliphatic heterocycles. The molecule has 2 aromatic rings. The van der Waals surface area contributed by atoms with Crippen LogP contribution in [0.1, 0.15) is 17.5 Å². The zero-order valence-corrected chi connectivity index (χ0v) is 15.2. The van der Waals surface area contributed by atoms with Gasteiger partial charge in [0.25, 0.3) is 0 Å². The van der Waals surface area contributed by atoms with Gasteiger partial charge in [-0.1, -0.05) is 5.16 Å². The first-order valence-electron chi connectivity index (χ1n) is 6.57. The zero-order valence-electron chi connectivity index (χ0n) is 12.0. The predicted molar refractivity (Wildman–Crippen MR) is 73.2 cm³/mol. The summed E-state index contributed by atoms with van der Waals surface area (Å²) in [6.07, 6.45) is 10.3. The van der Waals surface area contributed by atoms with Crippen molar-refractivity contribution in [3.8, 4) is 0 Å². The van der Waals surface area contributed by atoms with Crippen LogP contribution in [0.5, 0.6) is 0 Å². The van der Waals surface area contributed by atoms with Gasteiger partial charge >= 0.3 is 0 Å². The Bertz CT molecular complexity index is 560. The average molecular weight is 433 g/mol. The zero-order chi connectivity index (χ0) is 14.2. The van der Waals surface area contributed by atoms with E-state index in [4.69, 9.17) is 10.3 Å². The minimum atomic E-state index is 0. The van der Waals surface area contributed by atoms with Gasteiger partial charge < -0.3 is 44.3 Å². The maximum atomic E-state index is 8.98. The maximum absolute atomic E-state index is 8.98. The largest absolute Gasteiger partial charge is 1.00 e. The summed E-state index contributed by atoms with van der Waals surface area (Å²) in [6, 6.07) is 7.66. The van der Waals surface area contributed by atoms with Crippen molar-refractivity contribution in [1.29, 1.82) is 0 Å². The van der Waals surface area contributed by atoms with Crippen molar-refractivity contribution in [1.82, 2.24) is 0 Å². The highest BCUT2D eigenvalue weighted by Crippen LogP contribution is 1.94. The number of aliphatic hydroxyl groups is 1. The van der Waals surface area contributed by atoms with Crippen LogP contribution in [-0.2, 0) is 19.7 Å². The van der Waals surface area contributed by atoms with Crippen molar-refractivity contribution < 1.29 is 53.4 Å². The Hall–Kier alpha value is -1.31. The molecule has 0 atom stereocenters. The Kier molecular flexibility index (Phi) is 10.6. The smallest absolute Gasteiger partial charge is 0.169 e. The molecule has 0 amide bonds. The van der Waals surface area contributed by atoms with E-state index in [0.29, 0.717) is 0 Å². The number of hydrogen-bond donors (Lipinski definition) is 2. The highest BCUT2D eigenvalue weighted by atomic mass is 79.9. The molecule has 0 unspecified atom stereocenters. The van der Waals surface area contributed by atoms with E-state index in [1.165, 1.54) is 6.21 Å². The summed E-state index contributed by atoms with van der Waals surface area (Å²) in [5, 5.41) is 20.4. The fraction of sp³-hybridized carbons (Fsp3) is 0.267. The van der Waals surface area contributed by atoms with E-state index in [1.807, 2.05) is 49.1 Å². The molecule has 2 N–H and O–H groups in total. The lowest BCUT2D eigenvalue weighted by atomic mass is 10.3. The normalized spacial score (nSPS) is 10.0. The van der Waals surface area contributed by atoms with E-state index in [2.05, 4.69) is 14.3 Å². The Morgan fingerprint density at radius 2 is 1.41 bits per heavy atom. The van der Waals surface area contributed by atoms with Gasteiger partial charge in [0.05, 0.1) is 19.2 Å². The van der Waals surface area contributed by atoms with Crippen LogP contribution in [-0.4, -0.2) is 16.5 Å². The molecule has 0 aromatic carbocycles. The first-order chi connectivity index (χ1) is 9.81. The molecule has 2 aromatic heterocycles. The Morgan fingerprint density at radius 1 is 0.909 bits per heavy atom. The first kappa shape index (κ1) is 20.7. The molecule has 0 bridgehead atoms. The number of aryl methyl sites for hydroxylation is 2. The quantitative estimate of drug-likeness (QED) is 0.207. The van der Waals surface area contributed by atoms with Crippen LogP contribution in [0, 0.1) is 0 Å². The van der Waals surface area contributed by atoms with E-state index in [-0.39, 0.29) is 40.6 Å². The third-order valence-corrected chi connectivity index (χ3v) is 3.10. The van der Waals surface area contributed by atoms with Gasteiger partial charge in [0.15, 0.2) is 37.9 Å². The van der Waals surface area contributed by atoms with Gasteiger partial charge in [-0.2, -0.15) is 0 Å². The highest BCUT2D eigenvalue weighted by molar-refractivity contribution is 5.78. The molecule has 5 nitrogen and oxygen atoms in total. The number of hydrogen-bond acceptors (Lipinski definition) is 3. The number of rotatable bonds is 6. The van der Waals surface area contributed by atoms with Gasteiger partial charge in [-0.15, -0.1) is 0 Å². The van der Waals surface area contributed by atoms with E-state index in [0.717, 1.165) is 30.6 Å².